The Bertz CT molecular complexity index is 928. The van der Waals surface area contributed by atoms with Crippen molar-refractivity contribution in [2.45, 2.75) is 58.0 Å². The van der Waals surface area contributed by atoms with Gasteiger partial charge in [-0.1, -0.05) is 48.2 Å². The summed E-state index contributed by atoms with van der Waals surface area (Å²) in [6.07, 6.45) is 3.87. The highest BCUT2D eigenvalue weighted by molar-refractivity contribution is 6.23. The van der Waals surface area contributed by atoms with Gasteiger partial charge in [-0.15, -0.1) is 0 Å². The summed E-state index contributed by atoms with van der Waals surface area (Å²) in [6, 6.07) is 14.0. The van der Waals surface area contributed by atoms with Crippen LogP contribution >= 0.6 is 0 Å². The molecule has 1 aliphatic heterocycles. The molecule has 5 heteroatoms. The van der Waals surface area contributed by atoms with Crippen LogP contribution in [0.3, 0.4) is 0 Å². The van der Waals surface area contributed by atoms with Crippen LogP contribution in [-0.2, 0) is 9.59 Å². The van der Waals surface area contributed by atoms with Gasteiger partial charge in [0.1, 0.15) is 6.04 Å². The first kappa shape index (κ1) is 19.4. The molecule has 150 valence electrons. The van der Waals surface area contributed by atoms with Crippen LogP contribution < -0.4 is 4.90 Å². The molecular formula is C24H26N2O3. The fraction of sp³-hybridized carbons (Fsp3) is 0.375. The Kier molecular flexibility index (Phi) is 5.22. The number of amides is 3. The van der Waals surface area contributed by atoms with Gasteiger partial charge >= 0.3 is 0 Å². The highest BCUT2D eigenvalue weighted by Crippen LogP contribution is 2.32. The van der Waals surface area contributed by atoms with Gasteiger partial charge in [0, 0.05) is 11.6 Å². The summed E-state index contributed by atoms with van der Waals surface area (Å²) in [4.78, 5) is 42.4. The van der Waals surface area contributed by atoms with Crippen LogP contribution in [0.2, 0.25) is 0 Å². The predicted octanol–water partition coefficient (Wildman–Crippen LogP) is 4.02. The number of aryl methyl sites for hydroxylation is 2. The van der Waals surface area contributed by atoms with Crippen molar-refractivity contribution in [3.8, 4) is 0 Å². The van der Waals surface area contributed by atoms with Crippen LogP contribution in [0.5, 0.6) is 0 Å². The smallest absolute Gasteiger partial charge is 0.257 e. The predicted molar refractivity (Wildman–Crippen MR) is 112 cm³/mol. The molecule has 1 heterocycles. The molecule has 0 spiro atoms. The van der Waals surface area contributed by atoms with Gasteiger partial charge in [0.2, 0.25) is 5.91 Å². The SMILES string of the molecule is Cc1ccc(C(=O)N(C2CCCC2)C2CC(=O)N(c3ccc(C)cc3)C2=O)cc1. The van der Waals surface area contributed by atoms with Gasteiger partial charge in [-0.3, -0.25) is 14.4 Å². The second-order valence-electron chi connectivity index (χ2n) is 8.14. The van der Waals surface area contributed by atoms with Crippen LogP contribution in [0.25, 0.3) is 0 Å². The average molecular weight is 390 g/mol. The highest BCUT2D eigenvalue weighted by atomic mass is 16.2. The molecule has 1 atom stereocenters. The molecule has 4 rings (SSSR count). The Balaban J connectivity index is 1.66. The second-order valence-corrected chi connectivity index (χ2v) is 8.14. The minimum Gasteiger partial charge on any atom is -0.323 e. The molecule has 0 radical (unpaired) electrons. The van der Waals surface area contributed by atoms with Gasteiger partial charge in [0.05, 0.1) is 12.1 Å². The van der Waals surface area contributed by atoms with E-state index in [1.165, 1.54) is 4.90 Å². The third-order valence-electron chi connectivity index (χ3n) is 6.00. The highest BCUT2D eigenvalue weighted by Gasteiger charge is 2.46. The molecule has 3 amide bonds. The third-order valence-corrected chi connectivity index (χ3v) is 6.00. The molecule has 0 N–H and O–H groups in total. The molecule has 1 unspecified atom stereocenters. The molecule has 0 aromatic heterocycles. The van der Waals surface area contributed by atoms with Crippen LogP contribution in [0, 0.1) is 13.8 Å². The minimum atomic E-state index is -0.735. The van der Waals surface area contributed by atoms with Crippen molar-refractivity contribution in [1.29, 1.82) is 0 Å². The van der Waals surface area contributed by atoms with Crippen molar-refractivity contribution >= 4 is 23.4 Å². The average Bonchev–Trinajstić information content (AvgIpc) is 3.33. The molecule has 2 fully saturated rings. The van der Waals surface area contributed by atoms with Crippen molar-refractivity contribution in [3.05, 3.63) is 65.2 Å². The summed E-state index contributed by atoms with van der Waals surface area (Å²) >= 11 is 0. The number of hydrogen-bond acceptors (Lipinski definition) is 3. The Morgan fingerprint density at radius 3 is 2.03 bits per heavy atom. The first-order chi connectivity index (χ1) is 14.0. The van der Waals surface area contributed by atoms with E-state index < -0.39 is 6.04 Å². The summed E-state index contributed by atoms with van der Waals surface area (Å²) in [5, 5.41) is 0. The monoisotopic (exact) mass is 390 g/mol. The Hall–Kier alpha value is -2.95. The van der Waals surface area contributed by atoms with Gasteiger partial charge in [-0.2, -0.15) is 0 Å². The van der Waals surface area contributed by atoms with Crippen LogP contribution in [0.15, 0.2) is 48.5 Å². The van der Waals surface area contributed by atoms with Crippen molar-refractivity contribution in [2.24, 2.45) is 0 Å². The van der Waals surface area contributed by atoms with E-state index in [1.807, 2.05) is 38.1 Å². The lowest BCUT2D eigenvalue weighted by Gasteiger charge is -2.33. The Morgan fingerprint density at radius 1 is 0.897 bits per heavy atom. The normalized spacial score (nSPS) is 19.8. The molecule has 1 saturated carbocycles. The molecule has 2 aliphatic rings. The van der Waals surface area contributed by atoms with Gasteiger partial charge in [0.25, 0.3) is 11.8 Å². The zero-order chi connectivity index (χ0) is 20.5. The first-order valence-corrected chi connectivity index (χ1v) is 10.3. The maximum Gasteiger partial charge on any atom is 0.257 e. The van der Waals surface area contributed by atoms with E-state index in [2.05, 4.69) is 0 Å². The molecule has 0 bridgehead atoms. The van der Waals surface area contributed by atoms with Gasteiger partial charge < -0.3 is 4.90 Å². The lowest BCUT2D eigenvalue weighted by Crippen LogP contribution is -2.50. The summed E-state index contributed by atoms with van der Waals surface area (Å²) in [6.45, 7) is 3.93. The summed E-state index contributed by atoms with van der Waals surface area (Å²) in [7, 11) is 0. The second kappa shape index (κ2) is 7.82. The summed E-state index contributed by atoms with van der Waals surface area (Å²) < 4.78 is 0. The largest absolute Gasteiger partial charge is 0.323 e. The van der Waals surface area contributed by atoms with Crippen LogP contribution in [0.1, 0.15) is 53.6 Å². The molecule has 2 aromatic rings. The molecule has 2 aromatic carbocycles. The number of rotatable bonds is 4. The summed E-state index contributed by atoms with van der Waals surface area (Å²) in [5.41, 5.74) is 3.27. The number of nitrogens with zero attached hydrogens (tertiary/aromatic N) is 2. The van der Waals surface area contributed by atoms with Gasteiger partial charge in [-0.05, 0) is 51.0 Å². The molecule has 1 aliphatic carbocycles. The molecule has 29 heavy (non-hydrogen) atoms. The van der Waals surface area contributed by atoms with Gasteiger partial charge in [-0.25, -0.2) is 4.90 Å². The van der Waals surface area contributed by atoms with E-state index in [1.54, 1.807) is 29.2 Å². The van der Waals surface area contributed by atoms with Crippen LogP contribution in [0.4, 0.5) is 5.69 Å². The van der Waals surface area contributed by atoms with Crippen molar-refractivity contribution < 1.29 is 14.4 Å². The first-order valence-electron chi connectivity index (χ1n) is 10.3. The fourth-order valence-corrected chi connectivity index (χ4v) is 4.39. The maximum atomic E-state index is 13.4. The molecule has 5 nitrogen and oxygen atoms in total. The quantitative estimate of drug-likeness (QED) is 0.741. The van der Waals surface area contributed by atoms with E-state index in [4.69, 9.17) is 0 Å². The topological polar surface area (TPSA) is 57.7 Å². The van der Waals surface area contributed by atoms with E-state index in [0.29, 0.717) is 11.3 Å². The lowest BCUT2D eigenvalue weighted by atomic mass is 10.0. The van der Waals surface area contributed by atoms with E-state index in [-0.39, 0.29) is 30.2 Å². The molecule has 1 saturated heterocycles. The van der Waals surface area contributed by atoms with Gasteiger partial charge in [0.15, 0.2) is 0 Å². The number of benzene rings is 2. The summed E-state index contributed by atoms with van der Waals surface area (Å²) in [5.74, 6) is -0.705. The fourth-order valence-electron chi connectivity index (χ4n) is 4.39. The number of carbonyl (C=O) groups excluding carboxylic acids is 3. The Morgan fingerprint density at radius 2 is 1.45 bits per heavy atom. The maximum absolute atomic E-state index is 13.4. The minimum absolute atomic E-state index is 0.00326. The number of hydrogen-bond donors (Lipinski definition) is 0. The number of imide groups is 1. The molecular weight excluding hydrogens is 364 g/mol. The van der Waals surface area contributed by atoms with Crippen molar-refractivity contribution in [1.82, 2.24) is 4.90 Å². The van der Waals surface area contributed by atoms with Crippen molar-refractivity contribution in [3.63, 3.8) is 0 Å². The van der Waals surface area contributed by atoms with Crippen molar-refractivity contribution in [2.75, 3.05) is 4.90 Å². The van der Waals surface area contributed by atoms with E-state index in [9.17, 15) is 14.4 Å². The zero-order valence-corrected chi connectivity index (χ0v) is 16.9. The number of carbonyl (C=O) groups is 3. The lowest BCUT2D eigenvalue weighted by molar-refractivity contribution is -0.123. The van der Waals surface area contributed by atoms with E-state index in [0.717, 1.165) is 36.8 Å². The zero-order valence-electron chi connectivity index (χ0n) is 16.9. The standard InChI is InChI=1S/C24H26N2O3/c1-16-7-11-18(12-8-16)23(28)25(19-5-3-4-6-19)21-15-22(27)26(24(21)29)20-13-9-17(2)10-14-20/h7-14,19,21H,3-6,15H2,1-2H3. The van der Waals surface area contributed by atoms with E-state index >= 15 is 0 Å². The third kappa shape index (κ3) is 3.69. The Labute approximate surface area is 171 Å². The number of anilines is 1. The van der Waals surface area contributed by atoms with Crippen LogP contribution in [-0.4, -0.2) is 34.7 Å².